The monoisotopic (exact) mass is 1130 g/mol. The molecule has 0 aromatic heterocycles. The van der Waals surface area contributed by atoms with Gasteiger partial charge in [-0.1, -0.05) is 84.0 Å². The minimum absolute atomic E-state index is 0.0639. The second-order valence-electron chi connectivity index (χ2n) is 19.4. The van der Waals surface area contributed by atoms with E-state index in [0.717, 1.165) is 5.56 Å². The van der Waals surface area contributed by atoms with Crippen LogP contribution in [0.15, 0.2) is 54.6 Å². The number of aliphatic carboxylic acids is 3. The van der Waals surface area contributed by atoms with Gasteiger partial charge in [0.15, 0.2) is 0 Å². The fourth-order valence-corrected chi connectivity index (χ4v) is 7.65. The molecule has 28 nitrogen and oxygen atoms in total. The van der Waals surface area contributed by atoms with Crippen molar-refractivity contribution in [2.24, 2.45) is 17.6 Å². The van der Waals surface area contributed by atoms with E-state index in [1.807, 2.05) is 0 Å². The number of amides is 9. The first-order valence-corrected chi connectivity index (χ1v) is 25.8. The number of nitrogens with two attached hydrogens (primary N) is 1. The zero-order valence-electron chi connectivity index (χ0n) is 45.4. The highest BCUT2D eigenvalue weighted by Gasteiger charge is 2.37. The van der Waals surface area contributed by atoms with Crippen LogP contribution in [0.25, 0.3) is 0 Å². The van der Waals surface area contributed by atoms with Crippen LogP contribution in [-0.2, 0) is 70.4 Å². The molecule has 9 amide bonds. The summed E-state index contributed by atoms with van der Waals surface area (Å²) in [5, 5.41) is 79.5. The number of aliphatic hydroxyl groups excluding tert-OH is 2. The van der Waals surface area contributed by atoms with Gasteiger partial charge in [0, 0.05) is 12.8 Å². The van der Waals surface area contributed by atoms with Crippen LogP contribution in [0.1, 0.15) is 91.2 Å². The first-order valence-electron chi connectivity index (χ1n) is 25.8. The second-order valence-corrected chi connectivity index (χ2v) is 19.4. The van der Waals surface area contributed by atoms with Gasteiger partial charge in [-0.15, -0.1) is 0 Å². The molecule has 442 valence electrons. The lowest BCUT2D eigenvalue weighted by molar-refractivity contribution is -0.142. The standard InChI is InChI=1S/C52H76N10O18/c1-7-32(45(72)59-38(25-64)49(76)58-36(52(79)80)22-29-14-17-30(65)18-15-29)54-48(75)37(24-63)60-46(73)34(20-16-28-12-10-9-11-13-28)56-44(71)33(8-2)55-50(77)41(26(3)4)62-51(78)42(27(5)6)61-47(74)35(23-40(68)69)57-43(70)31(53)19-21-39(66)67/h9-15,17-18,26-27,31-38,41-42,63-65H,7-8,16,19-25,53H2,1-6H3,(H,54,75)(H,55,77)(H,56,71)(H,57,70)(H,58,76)(H,59,72)(H,60,73)(H,61,74)(H,62,78)(H,66,67)(H,68,69)(H,79,80)/t31-,32?,33?,34-,35-,36-,37-,38-,41-,42-/m0/s1. The largest absolute Gasteiger partial charge is 0.508 e. The summed E-state index contributed by atoms with van der Waals surface area (Å²) in [6.07, 6.45) is -2.06. The number of rotatable bonds is 35. The van der Waals surface area contributed by atoms with Gasteiger partial charge >= 0.3 is 17.9 Å². The average Bonchev–Trinajstić information content (AvgIpc) is 3.41. The van der Waals surface area contributed by atoms with E-state index in [0.29, 0.717) is 5.56 Å². The van der Waals surface area contributed by atoms with Crippen LogP contribution in [0.3, 0.4) is 0 Å². The molecule has 10 atom stereocenters. The predicted octanol–water partition coefficient (Wildman–Crippen LogP) is -3.20. The molecule has 0 spiro atoms. The molecule has 2 rings (SSSR count). The van der Waals surface area contributed by atoms with E-state index in [1.54, 1.807) is 44.2 Å². The van der Waals surface area contributed by atoms with Gasteiger partial charge in [-0.05, 0) is 67.2 Å². The molecule has 0 aliphatic rings. The normalized spacial score (nSPS) is 14.8. The number of aromatic hydroxyl groups is 1. The highest BCUT2D eigenvalue weighted by atomic mass is 16.4. The lowest BCUT2D eigenvalue weighted by Gasteiger charge is -2.29. The third-order valence-electron chi connectivity index (χ3n) is 12.4. The summed E-state index contributed by atoms with van der Waals surface area (Å²) < 4.78 is 0. The van der Waals surface area contributed by atoms with Crippen molar-refractivity contribution in [3.05, 3.63) is 65.7 Å². The summed E-state index contributed by atoms with van der Waals surface area (Å²) in [5.74, 6) is -14.5. The zero-order valence-corrected chi connectivity index (χ0v) is 45.4. The van der Waals surface area contributed by atoms with Crippen LogP contribution in [0.5, 0.6) is 5.75 Å². The van der Waals surface area contributed by atoms with E-state index < -0.39 is 169 Å². The minimum atomic E-state index is -1.75. The molecule has 0 saturated carbocycles. The highest BCUT2D eigenvalue weighted by molar-refractivity contribution is 5.99. The maximum Gasteiger partial charge on any atom is 0.326 e. The number of carbonyl (C=O) groups excluding carboxylic acids is 9. The van der Waals surface area contributed by atoms with Crippen molar-refractivity contribution < 1.29 is 88.2 Å². The molecule has 2 unspecified atom stereocenters. The van der Waals surface area contributed by atoms with Gasteiger partial charge in [0.05, 0.1) is 25.7 Å². The number of aliphatic hydroxyl groups is 2. The fourth-order valence-electron chi connectivity index (χ4n) is 7.65. The highest BCUT2D eigenvalue weighted by Crippen LogP contribution is 2.14. The van der Waals surface area contributed by atoms with Gasteiger partial charge in [0.1, 0.15) is 60.1 Å². The second kappa shape index (κ2) is 33.9. The molecule has 0 aliphatic carbocycles. The molecule has 2 aromatic carbocycles. The number of phenols is 1. The van der Waals surface area contributed by atoms with E-state index in [-0.39, 0.29) is 44.3 Å². The lowest BCUT2D eigenvalue weighted by atomic mass is 9.98. The number of phenolic OH excluding ortho intramolecular Hbond substituents is 1. The molecule has 0 radical (unpaired) electrons. The Morgan fingerprint density at radius 1 is 0.450 bits per heavy atom. The maximum absolute atomic E-state index is 14.0. The number of carbonyl (C=O) groups is 12. The predicted molar refractivity (Wildman–Crippen MR) is 283 cm³/mol. The Hall–Kier alpha value is -8.24. The fraction of sp³-hybridized carbons (Fsp3) is 0.538. The van der Waals surface area contributed by atoms with E-state index in [2.05, 4.69) is 47.9 Å². The smallest absolute Gasteiger partial charge is 0.326 e. The maximum atomic E-state index is 14.0. The van der Waals surface area contributed by atoms with Crippen molar-refractivity contribution in [1.29, 1.82) is 0 Å². The summed E-state index contributed by atoms with van der Waals surface area (Å²) in [7, 11) is 0. The van der Waals surface area contributed by atoms with Crippen LogP contribution in [-0.4, -0.2) is 175 Å². The van der Waals surface area contributed by atoms with E-state index >= 15 is 0 Å². The molecule has 0 aliphatic heterocycles. The number of hydrogen-bond acceptors (Lipinski definition) is 16. The summed E-state index contributed by atoms with van der Waals surface area (Å²) in [6, 6.07) is -0.849. The molecule has 0 saturated heterocycles. The molecular weight excluding hydrogens is 1050 g/mol. The molecule has 2 aromatic rings. The number of carboxylic acids is 3. The molecule has 17 N–H and O–H groups in total. The first kappa shape index (κ1) is 67.9. The summed E-state index contributed by atoms with van der Waals surface area (Å²) in [6.45, 7) is 7.21. The Kier molecular flexibility index (Phi) is 28.8. The molecule has 0 fully saturated rings. The number of carboxylic acid groups (broad SMARTS) is 3. The molecule has 0 heterocycles. The number of nitrogens with one attached hydrogen (secondary N) is 9. The van der Waals surface area contributed by atoms with Crippen molar-refractivity contribution in [2.45, 2.75) is 153 Å². The summed E-state index contributed by atoms with van der Waals surface area (Å²) in [5.41, 5.74) is 6.91. The molecule has 0 bridgehead atoms. The van der Waals surface area contributed by atoms with E-state index in [1.165, 1.54) is 52.0 Å². The van der Waals surface area contributed by atoms with Gasteiger partial charge in [-0.2, -0.15) is 0 Å². The molecule has 28 heteroatoms. The Labute approximate surface area is 461 Å². The van der Waals surface area contributed by atoms with E-state index in [9.17, 15) is 83.1 Å². The Morgan fingerprint density at radius 2 is 0.850 bits per heavy atom. The van der Waals surface area contributed by atoms with Gasteiger partial charge in [0.25, 0.3) is 0 Å². The third-order valence-corrected chi connectivity index (χ3v) is 12.4. The van der Waals surface area contributed by atoms with Crippen molar-refractivity contribution in [2.75, 3.05) is 13.2 Å². The van der Waals surface area contributed by atoms with Crippen molar-refractivity contribution in [3.63, 3.8) is 0 Å². The number of aryl methyl sites for hydroxylation is 1. The zero-order chi connectivity index (χ0) is 60.4. The van der Waals surface area contributed by atoms with Crippen LogP contribution < -0.4 is 53.6 Å². The third kappa shape index (κ3) is 23.0. The Balaban J connectivity index is 2.25. The van der Waals surface area contributed by atoms with Crippen LogP contribution in [0.2, 0.25) is 0 Å². The quantitative estimate of drug-likeness (QED) is 0.0323. The number of hydrogen-bond donors (Lipinski definition) is 16. The van der Waals surface area contributed by atoms with E-state index in [4.69, 9.17) is 10.8 Å². The lowest BCUT2D eigenvalue weighted by Crippen LogP contribution is -2.62. The van der Waals surface area contributed by atoms with Crippen molar-refractivity contribution >= 4 is 71.1 Å². The van der Waals surface area contributed by atoms with Crippen LogP contribution in [0.4, 0.5) is 0 Å². The van der Waals surface area contributed by atoms with Gasteiger partial charge in [-0.25, -0.2) is 4.79 Å². The van der Waals surface area contributed by atoms with Crippen LogP contribution in [0, 0.1) is 11.8 Å². The first-order chi connectivity index (χ1) is 37.6. The number of benzene rings is 2. The Morgan fingerprint density at radius 3 is 1.30 bits per heavy atom. The summed E-state index contributed by atoms with van der Waals surface area (Å²) >= 11 is 0. The van der Waals surface area contributed by atoms with Gasteiger partial charge in [0.2, 0.25) is 53.2 Å². The topological polar surface area (TPSA) is 461 Å². The van der Waals surface area contributed by atoms with Crippen molar-refractivity contribution in [3.8, 4) is 5.75 Å². The average molecular weight is 1130 g/mol. The molecular formula is C52H76N10O18. The van der Waals surface area contributed by atoms with Crippen LogP contribution >= 0.6 is 0 Å². The van der Waals surface area contributed by atoms with Crippen molar-refractivity contribution in [1.82, 2.24) is 47.9 Å². The van der Waals surface area contributed by atoms with Gasteiger partial charge in [-0.3, -0.25) is 52.7 Å². The van der Waals surface area contributed by atoms with Gasteiger partial charge < -0.3 is 84.2 Å². The summed E-state index contributed by atoms with van der Waals surface area (Å²) in [4.78, 5) is 156. The minimum Gasteiger partial charge on any atom is -0.508 e. The Bertz CT molecular complexity index is 2460. The molecule has 80 heavy (non-hydrogen) atoms. The SMILES string of the molecule is CCC(NC(=O)[C@H](CO)NC(=O)[C@H](CCc1ccccc1)NC(=O)C(CC)NC(=O)[C@@H](NC(=O)[C@@H](NC(=O)[C@H](CC(=O)O)NC(=O)[C@@H](N)CCC(=O)O)C(C)C)C(C)C)C(=O)N[C@@H](CO)C(=O)N[C@@H](Cc1ccc(O)cc1)C(=O)O.